The lowest BCUT2D eigenvalue weighted by molar-refractivity contribution is -0.116. The lowest BCUT2D eigenvalue weighted by Gasteiger charge is -2.10. The van der Waals surface area contributed by atoms with Crippen molar-refractivity contribution in [2.24, 2.45) is 0 Å². The van der Waals surface area contributed by atoms with Crippen molar-refractivity contribution in [1.82, 2.24) is 14.2 Å². The zero-order chi connectivity index (χ0) is 17.4. The van der Waals surface area contributed by atoms with Gasteiger partial charge in [-0.05, 0) is 49.9 Å². The molecule has 0 saturated carbocycles. The van der Waals surface area contributed by atoms with Gasteiger partial charge in [0.05, 0.1) is 5.69 Å². The molecule has 1 aliphatic carbocycles. The average molecular weight is 401 g/mol. The Balaban J connectivity index is 1.61. The van der Waals surface area contributed by atoms with Gasteiger partial charge in [-0.1, -0.05) is 15.9 Å². The highest BCUT2D eigenvalue weighted by Crippen LogP contribution is 2.22. The SMILES string of the molecule is O=C(Cn1ccn2nc3c(c2c1=O)CCCC3)Nc1ccc(Br)cc1. The Morgan fingerprint density at radius 3 is 2.72 bits per heavy atom. The molecule has 1 aromatic carbocycles. The predicted octanol–water partition coefficient (Wildman–Crippen LogP) is 2.78. The fourth-order valence-electron chi connectivity index (χ4n) is 3.27. The number of nitrogens with zero attached hydrogens (tertiary/aromatic N) is 3. The summed E-state index contributed by atoms with van der Waals surface area (Å²) in [7, 11) is 0. The monoisotopic (exact) mass is 400 g/mol. The van der Waals surface area contributed by atoms with Crippen molar-refractivity contribution in [1.29, 1.82) is 0 Å². The van der Waals surface area contributed by atoms with Crippen LogP contribution in [0.1, 0.15) is 24.1 Å². The van der Waals surface area contributed by atoms with Gasteiger partial charge in [0.1, 0.15) is 12.1 Å². The predicted molar refractivity (Wildman–Crippen MR) is 98.9 cm³/mol. The molecule has 0 saturated heterocycles. The largest absolute Gasteiger partial charge is 0.325 e. The zero-order valence-electron chi connectivity index (χ0n) is 13.5. The van der Waals surface area contributed by atoms with E-state index in [4.69, 9.17) is 0 Å². The van der Waals surface area contributed by atoms with Crippen LogP contribution in [-0.4, -0.2) is 20.1 Å². The molecule has 25 heavy (non-hydrogen) atoms. The lowest BCUT2D eigenvalue weighted by Crippen LogP contribution is -2.28. The molecule has 0 radical (unpaired) electrons. The number of hydrogen-bond acceptors (Lipinski definition) is 3. The van der Waals surface area contributed by atoms with Crippen LogP contribution >= 0.6 is 15.9 Å². The Bertz CT molecular complexity index is 1000. The van der Waals surface area contributed by atoms with Gasteiger partial charge in [0.15, 0.2) is 0 Å². The number of nitrogens with one attached hydrogen (secondary N) is 1. The van der Waals surface area contributed by atoms with Gasteiger partial charge in [-0.2, -0.15) is 5.10 Å². The molecule has 0 aliphatic heterocycles. The minimum absolute atomic E-state index is 0.0225. The van der Waals surface area contributed by atoms with Crippen LogP contribution in [0.5, 0.6) is 0 Å². The Kier molecular flexibility index (Phi) is 4.17. The summed E-state index contributed by atoms with van der Waals surface area (Å²) >= 11 is 3.36. The van der Waals surface area contributed by atoms with Crippen molar-refractivity contribution in [3.63, 3.8) is 0 Å². The highest BCUT2D eigenvalue weighted by Gasteiger charge is 2.20. The average Bonchev–Trinajstić information content (AvgIpc) is 2.99. The maximum atomic E-state index is 12.8. The summed E-state index contributed by atoms with van der Waals surface area (Å²) in [5.41, 5.74) is 3.20. The molecule has 6 nitrogen and oxygen atoms in total. The van der Waals surface area contributed by atoms with Crippen LogP contribution < -0.4 is 10.9 Å². The molecule has 7 heteroatoms. The number of aromatic nitrogens is 3. The van der Waals surface area contributed by atoms with E-state index >= 15 is 0 Å². The van der Waals surface area contributed by atoms with Gasteiger partial charge in [0.2, 0.25) is 5.91 Å². The molecule has 2 aromatic heterocycles. The normalized spacial score (nSPS) is 13.6. The van der Waals surface area contributed by atoms with E-state index in [9.17, 15) is 9.59 Å². The first-order valence-electron chi connectivity index (χ1n) is 8.27. The van der Waals surface area contributed by atoms with Crippen LogP contribution in [0.3, 0.4) is 0 Å². The number of anilines is 1. The van der Waals surface area contributed by atoms with E-state index in [1.165, 1.54) is 4.57 Å². The second-order valence-corrected chi connectivity index (χ2v) is 7.13. The van der Waals surface area contributed by atoms with E-state index < -0.39 is 0 Å². The van der Waals surface area contributed by atoms with E-state index in [2.05, 4.69) is 26.3 Å². The second-order valence-electron chi connectivity index (χ2n) is 6.21. The summed E-state index contributed by atoms with van der Waals surface area (Å²) in [4.78, 5) is 25.1. The van der Waals surface area contributed by atoms with Crippen LogP contribution in [0.15, 0.2) is 45.9 Å². The molecule has 4 rings (SSSR count). The van der Waals surface area contributed by atoms with Gasteiger partial charge in [-0.3, -0.25) is 9.59 Å². The summed E-state index contributed by atoms with van der Waals surface area (Å²) < 4.78 is 4.04. The highest BCUT2D eigenvalue weighted by atomic mass is 79.9. The third-order valence-corrected chi connectivity index (χ3v) is 5.00. The van der Waals surface area contributed by atoms with Gasteiger partial charge >= 0.3 is 0 Å². The van der Waals surface area contributed by atoms with Crippen molar-refractivity contribution < 1.29 is 4.79 Å². The first-order chi connectivity index (χ1) is 12.1. The molecule has 1 amide bonds. The molecule has 0 fully saturated rings. The number of benzene rings is 1. The van der Waals surface area contributed by atoms with Gasteiger partial charge in [-0.25, -0.2) is 4.52 Å². The Morgan fingerprint density at radius 2 is 1.92 bits per heavy atom. The minimum Gasteiger partial charge on any atom is -0.325 e. The van der Waals surface area contributed by atoms with E-state index in [1.807, 2.05) is 12.1 Å². The summed E-state index contributed by atoms with van der Waals surface area (Å²) in [6.45, 7) is -0.0225. The van der Waals surface area contributed by atoms with E-state index in [1.54, 1.807) is 29.0 Å². The van der Waals surface area contributed by atoms with Crippen molar-refractivity contribution in [3.05, 3.63) is 62.7 Å². The van der Waals surface area contributed by atoms with Crippen LogP contribution in [-0.2, 0) is 24.2 Å². The number of carbonyl (C=O) groups is 1. The van der Waals surface area contributed by atoms with Gasteiger partial charge in [-0.15, -0.1) is 0 Å². The number of carbonyl (C=O) groups excluding carboxylic acids is 1. The second kappa shape index (κ2) is 6.48. The van der Waals surface area contributed by atoms with Crippen LogP contribution in [0, 0.1) is 0 Å². The van der Waals surface area contributed by atoms with Crippen molar-refractivity contribution in [3.8, 4) is 0 Å². The summed E-state index contributed by atoms with van der Waals surface area (Å²) in [5.74, 6) is -0.234. The summed E-state index contributed by atoms with van der Waals surface area (Å²) in [5, 5.41) is 7.32. The van der Waals surface area contributed by atoms with Gasteiger partial charge in [0.25, 0.3) is 5.56 Å². The lowest BCUT2D eigenvalue weighted by atomic mass is 9.97. The van der Waals surface area contributed by atoms with Gasteiger partial charge in [0, 0.05) is 28.1 Å². The number of aryl methyl sites for hydroxylation is 2. The Morgan fingerprint density at radius 1 is 1.16 bits per heavy atom. The van der Waals surface area contributed by atoms with E-state index in [-0.39, 0.29) is 18.0 Å². The van der Waals surface area contributed by atoms with Gasteiger partial charge < -0.3 is 9.88 Å². The molecular weight excluding hydrogens is 384 g/mol. The van der Waals surface area contributed by atoms with Crippen molar-refractivity contribution in [2.75, 3.05) is 5.32 Å². The molecule has 0 atom stereocenters. The van der Waals surface area contributed by atoms with E-state index in [0.29, 0.717) is 11.2 Å². The fourth-order valence-corrected chi connectivity index (χ4v) is 3.53. The van der Waals surface area contributed by atoms with Crippen LogP contribution in [0.25, 0.3) is 5.52 Å². The standard InChI is InChI=1S/C18H17BrN4O2/c19-12-5-7-13(8-6-12)20-16(24)11-22-9-10-23-17(18(22)25)14-3-1-2-4-15(14)21-23/h5-10H,1-4,11H2,(H,20,24). The summed E-state index contributed by atoms with van der Waals surface area (Å²) in [6.07, 6.45) is 7.36. The first kappa shape index (κ1) is 16.1. The third-order valence-electron chi connectivity index (χ3n) is 4.48. The van der Waals surface area contributed by atoms with Crippen LogP contribution in [0.4, 0.5) is 5.69 Å². The number of amides is 1. The van der Waals surface area contributed by atoms with Crippen molar-refractivity contribution >= 4 is 33.0 Å². The number of fused-ring (bicyclic) bond motifs is 3. The quantitative estimate of drug-likeness (QED) is 0.734. The summed E-state index contributed by atoms with van der Waals surface area (Å²) in [6, 6.07) is 7.32. The highest BCUT2D eigenvalue weighted by molar-refractivity contribution is 9.10. The van der Waals surface area contributed by atoms with E-state index in [0.717, 1.165) is 41.4 Å². The number of hydrogen-bond donors (Lipinski definition) is 1. The Hall–Kier alpha value is -2.41. The number of rotatable bonds is 3. The maximum absolute atomic E-state index is 12.8. The molecule has 1 aliphatic rings. The molecule has 1 N–H and O–H groups in total. The topological polar surface area (TPSA) is 68.4 Å². The molecule has 3 aromatic rings. The molecule has 128 valence electrons. The third kappa shape index (κ3) is 3.11. The molecule has 0 unspecified atom stereocenters. The minimum atomic E-state index is -0.234. The first-order valence-corrected chi connectivity index (χ1v) is 9.06. The van der Waals surface area contributed by atoms with Crippen molar-refractivity contribution in [2.45, 2.75) is 32.2 Å². The molecule has 0 bridgehead atoms. The fraction of sp³-hybridized carbons (Fsp3) is 0.278. The maximum Gasteiger partial charge on any atom is 0.277 e. The Labute approximate surface area is 152 Å². The molecule has 0 spiro atoms. The molecular formula is C18H17BrN4O2. The molecule has 2 heterocycles. The number of halogens is 1. The smallest absolute Gasteiger partial charge is 0.277 e. The van der Waals surface area contributed by atoms with Crippen LogP contribution in [0.2, 0.25) is 0 Å². The zero-order valence-corrected chi connectivity index (χ0v) is 15.1.